The van der Waals surface area contributed by atoms with Crippen molar-refractivity contribution >= 4 is 39.2 Å². The van der Waals surface area contributed by atoms with Crippen LogP contribution in [-0.4, -0.2) is 31.3 Å². The Labute approximate surface area is 188 Å². The molecule has 166 valence electrons. The number of H-pyrrole nitrogens is 1. The number of rotatable bonds is 8. The van der Waals surface area contributed by atoms with Gasteiger partial charge < -0.3 is 14.8 Å². The van der Waals surface area contributed by atoms with Crippen LogP contribution in [0, 0.1) is 19.8 Å². The highest BCUT2D eigenvalue weighted by Crippen LogP contribution is 2.38. The van der Waals surface area contributed by atoms with Crippen LogP contribution in [0.15, 0.2) is 9.32 Å². The number of nitrogens with zero attached hydrogens (tertiary/aromatic N) is 3. The summed E-state index contributed by atoms with van der Waals surface area (Å²) in [6.07, 6.45) is 2.19. The van der Waals surface area contributed by atoms with Gasteiger partial charge in [0.25, 0.3) is 5.56 Å². The van der Waals surface area contributed by atoms with Crippen LogP contribution in [0.1, 0.15) is 73.6 Å². The van der Waals surface area contributed by atoms with E-state index in [1.165, 1.54) is 23.1 Å². The van der Waals surface area contributed by atoms with Crippen LogP contribution < -0.4 is 10.9 Å². The highest BCUT2D eigenvalue weighted by molar-refractivity contribution is 7.99. The largest absolute Gasteiger partial charge is 0.343 e. The van der Waals surface area contributed by atoms with Gasteiger partial charge in [0, 0.05) is 10.8 Å². The van der Waals surface area contributed by atoms with Gasteiger partial charge in [0.1, 0.15) is 16.7 Å². The molecule has 0 radical (unpaired) electrons. The van der Waals surface area contributed by atoms with Crippen LogP contribution in [0.4, 0.5) is 0 Å². The summed E-state index contributed by atoms with van der Waals surface area (Å²) in [6.45, 7) is 9.80. The van der Waals surface area contributed by atoms with Crippen molar-refractivity contribution in [1.82, 2.24) is 25.4 Å². The van der Waals surface area contributed by atoms with Crippen LogP contribution in [0.5, 0.6) is 0 Å². The number of hydrogen-bond acceptors (Lipinski definition) is 8. The predicted octanol–water partition coefficient (Wildman–Crippen LogP) is 4.00. The minimum absolute atomic E-state index is 0.110. The first-order chi connectivity index (χ1) is 14.7. The second-order valence-corrected chi connectivity index (χ2v) is 11.0. The molecule has 1 saturated carbocycles. The number of carbonyl (C=O) groups is 1. The lowest BCUT2D eigenvalue weighted by Gasteiger charge is -2.20. The van der Waals surface area contributed by atoms with Crippen molar-refractivity contribution < 1.29 is 9.32 Å². The summed E-state index contributed by atoms with van der Waals surface area (Å²) >= 11 is 2.95. The highest BCUT2D eigenvalue weighted by atomic mass is 32.2. The molecule has 0 bridgehead atoms. The summed E-state index contributed by atoms with van der Waals surface area (Å²) in [5.41, 5.74) is 0.855. The zero-order valence-electron chi connectivity index (χ0n) is 18.3. The molecule has 2 N–H and O–H groups in total. The molecule has 8 nitrogen and oxygen atoms in total. The molecule has 10 heteroatoms. The third-order valence-electron chi connectivity index (χ3n) is 5.56. The lowest BCUT2D eigenvalue weighted by Crippen LogP contribution is -2.37. The Morgan fingerprint density at radius 1 is 1.29 bits per heavy atom. The molecule has 1 amide bonds. The number of thioether (sulfide) groups is 1. The minimum atomic E-state index is -0.333. The van der Waals surface area contributed by atoms with Gasteiger partial charge in [0.2, 0.25) is 11.8 Å². The quantitative estimate of drug-likeness (QED) is 0.521. The summed E-state index contributed by atoms with van der Waals surface area (Å²) in [4.78, 5) is 39.0. The normalized spacial score (nSPS) is 16.1. The molecule has 2 unspecified atom stereocenters. The molecule has 2 atom stereocenters. The lowest BCUT2D eigenvalue weighted by atomic mass is 10.0. The molecule has 4 rings (SSSR count). The number of fused-ring (bicyclic) bond motifs is 1. The number of hydrogen-bond donors (Lipinski definition) is 2. The van der Waals surface area contributed by atoms with E-state index in [0.717, 1.165) is 33.9 Å². The Morgan fingerprint density at radius 2 is 2.03 bits per heavy atom. The predicted molar refractivity (Wildman–Crippen MR) is 122 cm³/mol. The molecule has 31 heavy (non-hydrogen) atoms. The molecule has 1 aliphatic carbocycles. The molecular formula is C21H27N5O3S2. The van der Waals surface area contributed by atoms with Gasteiger partial charge in [-0.15, -0.1) is 23.1 Å². The third kappa shape index (κ3) is 4.69. The summed E-state index contributed by atoms with van der Waals surface area (Å²) in [7, 11) is 0. The number of amides is 1. The topological polar surface area (TPSA) is 114 Å². The fraction of sp³-hybridized carbons (Fsp3) is 0.571. The van der Waals surface area contributed by atoms with E-state index in [2.05, 4.69) is 25.4 Å². The van der Waals surface area contributed by atoms with Gasteiger partial charge >= 0.3 is 0 Å². The summed E-state index contributed by atoms with van der Waals surface area (Å²) < 4.78 is 5.43. The van der Waals surface area contributed by atoms with Gasteiger partial charge in [-0.25, -0.2) is 4.98 Å². The zero-order valence-corrected chi connectivity index (χ0v) is 19.9. The van der Waals surface area contributed by atoms with Crippen molar-refractivity contribution in [1.29, 1.82) is 0 Å². The van der Waals surface area contributed by atoms with E-state index >= 15 is 0 Å². The lowest BCUT2D eigenvalue weighted by molar-refractivity contribution is -0.121. The van der Waals surface area contributed by atoms with E-state index < -0.39 is 0 Å². The molecule has 0 saturated heterocycles. The van der Waals surface area contributed by atoms with E-state index in [9.17, 15) is 9.59 Å². The maximum atomic E-state index is 12.8. The Morgan fingerprint density at radius 3 is 2.71 bits per heavy atom. The van der Waals surface area contributed by atoms with Crippen LogP contribution in [0.3, 0.4) is 0 Å². The minimum Gasteiger partial charge on any atom is -0.343 e. The van der Waals surface area contributed by atoms with E-state index in [1.807, 2.05) is 34.6 Å². The number of carbonyl (C=O) groups excluding carboxylic acids is 1. The molecule has 1 aliphatic rings. The molecule has 1 fully saturated rings. The maximum absolute atomic E-state index is 12.8. The van der Waals surface area contributed by atoms with Gasteiger partial charge in [-0.05, 0) is 45.1 Å². The van der Waals surface area contributed by atoms with E-state index in [-0.39, 0.29) is 28.7 Å². The van der Waals surface area contributed by atoms with E-state index in [0.29, 0.717) is 28.8 Å². The van der Waals surface area contributed by atoms with Gasteiger partial charge in [0.15, 0.2) is 5.82 Å². The van der Waals surface area contributed by atoms with Gasteiger partial charge in [0.05, 0.1) is 16.4 Å². The van der Waals surface area contributed by atoms with E-state index in [1.54, 1.807) is 0 Å². The van der Waals surface area contributed by atoms with Gasteiger partial charge in [-0.1, -0.05) is 19.0 Å². The van der Waals surface area contributed by atoms with E-state index in [4.69, 9.17) is 4.52 Å². The Bertz CT molecular complexity index is 1160. The fourth-order valence-corrected chi connectivity index (χ4v) is 5.13. The summed E-state index contributed by atoms with van der Waals surface area (Å²) in [5, 5.41) is 7.44. The van der Waals surface area contributed by atoms with Crippen molar-refractivity contribution in [3.05, 3.63) is 38.3 Å². The van der Waals surface area contributed by atoms with Gasteiger partial charge in [-0.2, -0.15) is 4.98 Å². The fourth-order valence-electron chi connectivity index (χ4n) is 3.31. The average molecular weight is 462 g/mol. The standard InChI is InChI=1S/C21H27N5O3S2/c1-9(2)16(20-25-17(26-29-20)13-6-7-13)24-18(27)12(5)30-8-14-22-19(28)15-10(3)11(4)31-21(15)23-14/h9,12-13,16H,6-8H2,1-5H3,(H,24,27)(H,22,23,28). The molecule has 3 aromatic heterocycles. The van der Waals surface area contributed by atoms with Crippen molar-refractivity contribution in [2.75, 3.05) is 0 Å². The van der Waals surface area contributed by atoms with Crippen molar-refractivity contribution in [2.45, 2.75) is 70.4 Å². The zero-order chi connectivity index (χ0) is 22.3. The molecule has 0 aromatic carbocycles. The van der Waals surface area contributed by atoms with Crippen LogP contribution in [-0.2, 0) is 10.5 Å². The first-order valence-corrected chi connectivity index (χ1v) is 12.4. The molecule has 0 spiro atoms. The Kier molecular flexibility index (Phi) is 6.20. The summed E-state index contributed by atoms with van der Waals surface area (Å²) in [5.74, 6) is 2.62. The van der Waals surface area contributed by atoms with Crippen LogP contribution >= 0.6 is 23.1 Å². The molecular weight excluding hydrogens is 434 g/mol. The first-order valence-electron chi connectivity index (χ1n) is 10.5. The number of nitrogens with one attached hydrogen (secondary N) is 2. The second kappa shape index (κ2) is 8.74. The number of aromatic amines is 1. The highest BCUT2D eigenvalue weighted by Gasteiger charge is 2.32. The van der Waals surface area contributed by atoms with Crippen LogP contribution in [0.2, 0.25) is 0 Å². The first kappa shape index (κ1) is 22.0. The number of aromatic nitrogens is 4. The molecule has 3 heterocycles. The smallest absolute Gasteiger partial charge is 0.259 e. The third-order valence-corrected chi connectivity index (χ3v) is 7.81. The summed E-state index contributed by atoms with van der Waals surface area (Å²) in [6, 6.07) is -0.332. The Balaban J connectivity index is 1.40. The van der Waals surface area contributed by atoms with Crippen molar-refractivity contribution in [3.8, 4) is 0 Å². The number of aryl methyl sites for hydroxylation is 2. The second-order valence-electron chi connectivity index (χ2n) is 8.42. The van der Waals surface area contributed by atoms with Crippen molar-refractivity contribution in [3.63, 3.8) is 0 Å². The number of thiophene rings is 1. The SMILES string of the molecule is Cc1sc2nc(CSC(C)C(=O)NC(c3nc(C4CC4)no3)C(C)C)[nH]c(=O)c2c1C. The Hall–Kier alpha value is -2.20. The van der Waals surface area contributed by atoms with Crippen molar-refractivity contribution in [2.24, 2.45) is 5.92 Å². The average Bonchev–Trinajstić information content (AvgIpc) is 3.38. The maximum Gasteiger partial charge on any atom is 0.259 e. The molecule has 0 aliphatic heterocycles. The van der Waals surface area contributed by atoms with Gasteiger partial charge in [-0.3, -0.25) is 9.59 Å². The monoisotopic (exact) mass is 461 g/mol. The van der Waals surface area contributed by atoms with Crippen LogP contribution in [0.25, 0.3) is 10.2 Å². The molecule has 3 aromatic rings.